The van der Waals surface area contributed by atoms with E-state index < -0.39 is 42.2 Å². The van der Waals surface area contributed by atoms with E-state index >= 15 is 0 Å². The van der Waals surface area contributed by atoms with Crippen molar-refractivity contribution >= 4 is 17.9 Å². The summed E-state index contributed by atoms with van der Waals surface area (Å²) in [4.78, 5) is 42.5. The molecule has 0 bridgehead atoms. The third-order valence-corrected chi connectivity index (χ3v) is 6.67. The van der Waals surface area contributed by atoms with Crippen LogP contribution < -0.4 is 10.6 Å². The molecule has 9 heteroatoms. The molecule has 9 nitrogen and oxygen atoms in total. The molecule has 3 aromatic carbocycles. The Labute approximate surface area is 247 Å². The maximum Gasteiger partial charge on any atom is 0.408 e. The van der Waals surface area contributed by atoms with Gasteiger partial charge in [0, 0.05) is 19.5 Å². The molecule has 0 spiro atoms. The molecule has 0 aliphatic carbocycles. The second-order valence-electron chi connectivity index (χ2n) is 11.2. The predicted molar refractivity (Wildman–Crippen MR) is 161 cm³/mol. The number of amides is 3. The standard InChI is InChI=1S/C33H41N3O6/c1-22-10-9-11-23(2)28(22)29(30(39)34-21-25-12-7-6-8-13-25)36(18-19-37)31(40)27(35-32(41)42-33(3,4)5)20-24-14-16-26(38)17-15-24/h6-17,27,29,37-38H,18-21H2,1-5H3,(H,34,39)(H,35,41). The van der Waals surface area contributed by atoms with Crippen LogP contribution in [0.2, 0.25) is 0 Å². The number of alkyl carbamates (subject to hydrolysis) is 1. The molecule has 0 saturated carbocycles. The van der Waals surface area contributed by atoms with Gasteiger partial charge in [-0.25, -0.2) is 4.79 Å². The fraction of sp³-hybridized carbons (Fsp3) is 0.364. The molecule has 3 amide bonds. The number of nitrogens with zero attached hydrogens (tertiary/aromatic N) is 1. The number of carbonyl (C=O) groups is 3. The van der Waals surface area contributed by atoms with Gasteiger partial charge in [-0.2, -0.15) is 0 Å². The Morgan fingerprint density at radius 3 is 2.07 bits per heavy atom. The van der Waals surface area contributed by atoms with E-state index in [0.717, 1.165) is 16.7 Å². The minimum atomic E-state index is -1.13. The summed E-state index contributed by atoms with van der Waals surface area (Å²) in [6.07, 6.45) is -0.730. The van der Waals surface area contributed by atoms with Crippen molar-refractivity contribution in [2.45, 2.75) is 65.3 Å². The van der Waals surface area contributed by atoms with E-state index in [-0.39, 0.29) is 25.3 Å². The number of hydrogen-bond donors (Lipinski definition) is 4. The van der Waals surface area contributed by atoms with Gasteiger partial charge in [0.25, 0.3) is 0 Å². The number of hydrogen-bond acceptors (Lipinski definition) is 6. The first-order valence-electron chi connectivity index (χ1n) is 14.0. The molecule has 224 valence electrons. The third kappa shape index (κ3) is 9.07. The highest BCUT2D eigenvalue weighted by Gasteiger charge is 2.37. The average Bonchev–Trinajstić information content (AvgIpc) is 2.93. The summed E-state index contributed by atoms with van der Waals surface area (Å²) in [6, 6.07) is 19.1. The van der Waals surface area contributed by atoms with Crippen molar-refractivity contribution in [3.8, 4) is 5.75 Å². The van der Waals surface area contributed by atoms with E-state index in [2.05, 4.69) is 10.6 Å². The fourth-order valence-electron chi connectivity index (χ4n) is 4.76. The van der Waals surface area contributed by atoms with Gasteiger partial charge in [-0.05, 0) is 74.6 Å². The summed E-state index contributed by atoms with van der Waals surface area (Å²) in [5, 5.41) is 25.5. The zero-order valence-electron chi connectivity index (χ0n) is 24.9. The first kappa shape index (κ1) is 32.1. The van der Waals surface area contributed by atoms with Gasteiger partial charge in [0.15, 0.2) is 0 Å². The highest BCUT2D eigenvalue weighted by molar-refractivity contribution is 5.92. The van der Waals surface area contributed by atoms with Crippen LogP contribution in [0, 0.1) is 13.8 Å². The number of ether oxygens (including phenoxy) is 1. The van der Waals surface area contributed by atoms with Crippen LogP contribution >= 0.6 is 0 Å². The lowest BCUT2D eigenvalue weighted by atomic mass is 9.93. The number of aliphatic hydroxyl groups is 1. The van der Waals surface area contributed by atoms with Crippen LogP contribution in [0.4, 0.5) is 4.79 Å². The van der Waals surface area contributed by atoms with E-state index in [0.29, 0.717) is 11.1 Å². The average molecular weight is 576 g/mol. The minimum Gasteiger partial charge on any atom is -0.508 e. The van der Waals surface area contributed by atoms with Crippen LogP contribution in [0.25, 0.3) is 0 Å². The second-order valence-corrected chi connectivity index (χ2v) is 11.2. The van der Waals surface area contributed by atoms with Crippen LogP contribution in [-0.4, -0.2) is 57.8 Å². The summed E-state index contributed by atoms with van der Waals surface area (Å²) in [5.74, 6) is -0.919. The van der Waals surface area contributed by atoms with Crippen molar-refractivity contribution in [3.05, 3.63) is 101 Å². The molecular formula is C33H41N3O6. The Hall–Kier alpha value is -4.37. The molecule has 42 heavy (non-hydrogen) atoms. The maximum atomic E-state index is 14.3. The Morgan fingerprint density at radius 2 is 1.50 bits per heavy atom. The van der Waals surface area contributed by atoms with Crippen molar-refractivity contribution in [3.63, 3.8) is 0 Å². The molecule has 4 N–H and O–H groups in total. The Bertz CT molecular complexity index is 1330. The molecule has 0 saturated heterocycles. The van der Waals surface area contributed by atoms with Crippen molar-refractivity contribution in [1.29, 1.82) is 0 Å². The van der Waals surface area contributed by atoms with Crippen molar-refractivity contribution in [2.75, 3.05) is 13.2 Å². The molecule has 3 rings (SSSR count). The van der Waals surface area contributed by atoms with Gasteiger partial charge in [-0.3, -0.25) is 9.59 Å². The Balaban J connectivity index is 2.04. The number of nitrogens with one attached hydrogen (secondary N) is 2. The van der Waals surface area contributed by atoms with E-state index in [4.69, 9.17) is 4.74 Å². The molecule has 0 aromatic heterocycles. The zero-order valence-corrected chi connectivity index (χ0v) is 24.9. The predicted octanol–water partition coefficient (Wildman–Crippen LogP) is 4.32. The van der Waals surface area contributed by atoms with E-state index in [1.807, 2.05) is 62.4 Å². The number of aliphatic hydroxyl groups excluding tert-OH is 1. The molecule has 2 unspecified atom stereocenters. The first-order chi connectivity index (χ1) is 19.9. The number of aryl methyl sites for hydroxylation is 2. The second kappa shape index (κ2) is 14.5. The number of benzene rings is 3. The van der Waals surface area contributed by atoms with E-state index in [1.54, 1.807) is 32.9 Å². The van der Waals surface area contributed by atoms with Crippen LogP contribution in [0.15, 0.2) is 72.8 Å². The lowest BCUT2D eigenvalue weighted by Gasteiger charge is -2.35. The maximum absolute atomic E-state index is 14.3. The smallest absolute Gasteiger partial charge is 0.408 e. The third-order valence-electron chi connectivity index (χ3n) is 6.67. The summed E-state index contributed by atoms with van der Waals surface area (Å²) >= 11 is 0. The lowest BCUT2D eigenvalue weighted by Crippen LogP contribution is -2.54. The SMILES string of the molecule is Cc1cccc(C)c1C(C(=O)NCc1ccccc1)N(CCO)C(=O)C(Cc1ccc(O)cc1)NC(=O)OC(C)(C)C. The molecule has 0 aliphatic heterocycles. The molecule has 0 radical (unpaired) electrons. The van der Waals surface area contributed by atoms with Gasteiger partial charge in [-0.1, -0.05) is 60.7 Å². The molecule has 2 atom stereocenters. The van der Waals surface area contributed by atoms with E-state index in [9.17, 15) is 24.6 Å². The molecule has 0 aliphatic rings. The lowest BCUT2D eigenvalue weighted by molar-refractivity contribution is -0.143. The summed E-state index contributed by atoms with van der Waals surface area (Å²) < 4.78 is 5.44. The number of phenols is 1. The number of phenolic OH excluding ortho intramolecular Hbond substituents is 1. The highest BCUT2D eigenvalue weighted by atomic mass is 16.6. The van der Waals surface area contributed by atoms with Gasteiger partial charge < -0.3 is 30.5 Å². The van der Waals surface area contributed by atoms with Crippen LogP contribution in [-0.2, 0) is 27.3 Å². The first-order valence-corrected chi connectivity index (χ1v) is 14.0. The van der Waals surface area contributed by atoms with E-state index in [1.165, 1.54) is 17.0 Å². The Morgan fingerprint density at radius 1 is 0.881 bits per heavy atom. The largest absolute Gasteiger partial charge is 0.508 e. The Kier molecular flexibility index (Phi) is 11.1. The fourth-order valence-corrected chi connectivity index (χ4v) is 4.76. The van der Waals surface area contributed by atoms with Crippen molar-refractivity contribution in [2.24, 2.45) is 0 Å². The topological polar surface area (TPSA) is 128 Å². The molecule has 0 heterocycles. The molecular weight excluding hydrogens is 534 g/mol. The highest BCUT2D eigenvalue weighted by Crippen LogP contribution is 2.29. The summed E-state index contributed by atoms with van der Waals surface area (Å²) in [5.41, 5.74) is 3.01. The quantitative estimate of drug-likeness (QED) is 0.270. The summed E-state index contributed by atoms with van der Waals surface area (Å²) in [6.45, 7) is 8.58. The van der Waals surface area contributed by atoms with Gasteiger partial charge in [0.05, 0.1) is 6.61 Å². The normalized spacial score (nSPS) is 12.6. The number of aromatic hydroxyl groups is 1. The van der Waals surface area contributed by atoms with Gasteiger partial charge in [0.1, 0.15) is 23.4 Å². The van der Waals surface area contributed by atoms with Crippen molar-refractivity contribution < 1.29 is 29.3 Å². The number of rotatable bonds is 11. The van der Waals surface area contributed by atoms with Crippen LogP contribution in [0.1, 0.15) is 54.6 Å². The zero-order chi connectivity index (χ0) is 30.9. The number of carbonyl (C=O) groups excluding carboxylic acids is 3. The van der Waals surface area contributed by atoms with Crippen molar-refractivity contribution in [1.82, 2.24) is 15.5 Å². The molecule has 3 aromatic rings. The van der Waals surface area contributed by atoms with Crippen LogP contribution in [0.3, 0.4) is 0 Å². The monoisotopic (exact) mass is 575 g/mol. The van der Waals surface area contributed by atoms with Crippen LogP contribution in [0.5, 0.6) is 5.75 Å². The van der Waals surface area contributed by atoms with Gasteiger partial charge in [-0.15, -0.1) is 0 Å². The summed E-state index contributed by atoms with van der Waals surface area (Å²) in [7, 11) is 0. The van der Waals surface area contributed by atoms with Gasteiger partial charge >= 0.3 is 6.09 Å². The molecule has 0 fully saturated rings. The minimum absolute atomic E-state index is 0.0609. The van der Waals surface area contributed by atoms with Gasteiger partial charge in [0.2, 0.25) is 11.8 Å².